The van der Waals surface area contributed by atoms with Gasteiger partial charge in [-0.2, -0.15) is 4.36 Å². The van der Waals surface area contributed by atoms with E-state index in [1.54, 1.807) is 43.3 Å². The number of likely N-dealkylation sites (N-methyl/N-ethyl adjacent to an activating group) is 1. The van der Waals surface area contributed by atoms with Crippen molar-refractivity contribution in [2.75, 3.05) is 43.2 Å². The van der Waals surface area contributed by atoms with Crippen LogP contribution in [0.4, 0.5) is 20.3 Å². The molecule has 1 aromatic carbocycles. The molecule has 2 aromatic rings. The van der Waals surface area contributed by atoms with Gasteiger partial charge in [-0.05, 0) is 57.0 Å². The summed E-state index contributed by atoms with van der Waals surface area (Å²) in [5.74, 6) is 3.23. The lowest BCUT2D eigenvalue weighted by Gasteiger charge is -2.25. The summed E-state index contributed by atoms with van der Waals surface area (Å²) in [5.41, 5.74) is 1.85. The normalized spacial score (nSPS) is 18.2. The fraction of sp³-hybridized carbons (Fsp3) is 0.464. The van der Waals surface area contributed by atoms with Crippen molar-refractivity contribution in [3.8, 4) is 11.8 Å². The molecule has 1 saturated heterocycles. The number of anilines is 2. The highest BCUT2D eigenvalue weighted by atomic mass is 32.2. The van der Waals surface area contributed by atoms with Crippen LogP contribution < -0.4 is 15.5 Å². The highest BCUT2D eigenvalue weighted by molar-refractivity contribution is 7.93. The maximum atomic E-state index is 14.1. The maximum Gasteiger partial charge on any atom is 0.267 e. The molecule has 0 spiro atoms. The van der Waals surface area contributed by atoms with Crippen LogP contribution in [0.2, 0.25) is 0 Å². The van der Waals surface area contributed by atoms with Crippen LogP contribution in [0.3, 0.4) is 0 Å². The number of benzene rings is 1. The zero-order valence-corrected chi connectivity index (χ0v) is 23.2. The average Bonchev–Trinajstić information content (AvgIpc) is 3.71. The second kappa shape index (κ2) is 11.8. The van der Waals surface area contributed by atoms with Gasteiger partial charge in [0.05, 0.1) is 21.8 Å². The van der Waals surface area contributed by atoms with Crippen LogP contribution in [0.25, 0.3) is 0 Å². The molecule has 4 rings (SSSR count). The quantitative estimate of drug-likeness (QED) is 0.516. The van der Waals surface area contributed by atoms with Gasteiger partial charge in [0.15, 0.2) is 0 Å². The molecule has 2 fully saturated rings. The van der Waals surface area contributed by atoms with Crippen LogP contribution in [-0.4, -0.2) is 59.9 Å². The summed E-state index contributed by atoms with van der Waals surface area (Å²) in [7, 11) is -1.45. The fourth-order valence-corrected chi connectivity index (χ4v) is 5.58. The number of rotatable bonds is 6. The van der Waals surface area contributed by atoms with Crippen molar-refractivity contribution in [3.63, 3.8) is 0 Å². The largest absolute Gasteiger partial charge is 0.356 e. The Kier molecular flexibility index (Phi) is 8.67. The van der Waals surface area contributed by atoms with E-state index < -0.39 is 27.5 Å². The summed E-state index contributed by atoms with van der Waals surface area (Å²) in [4.78, 5) is 32.2. The van der Waals surface area contributed by atoms with Crippen LogP contribution in [0.15, 0.2) is 39.7 Å². The predicted octanol–water partition coefficient (Wildman–Crippen LogP) is 4.23. The molecule has 1 saturated carbocycles. The third-order valence-corrected chi connectivity index (χ3v) is 8.37. The van der Waals surface area contributed by atoms with Gasteiger partial charge >= 0.3 is 0 Å². The minimum absolute atomic E-state index is 0.0429. The van der Waals surface area contributed by atoms with E-state index in [2.05, 4.69) is 31.8 Å². The van der Waals surface area contributed by atoms with Crippen LogP contribution in [0.1, 0.15) is 53.6 Å². The number of alkyl halides is 2. The number of amides is 2. The molecule has 1 unspecified atom stereocenters. The minimum atomic E-state index is -3.05. The first-order valence-corrected chi connectivity index (χ1v) is 14.9. The monoisotopic (exact) mass is 557 g/mol. The molecule has 1 aliphatic carbocycles. The van der Waals surface area contributed by atoms with Gasteiger partial charge in [-0.1, -0.05) is 17.9 Å². The van der Waals surface area contributed by atoms with Crippen LogP contribution in [0, 0.1) is 24.7 Å². The topological polar surface area (TPSA) is 104 Å². The van der Waals surface area contributed by atoms with Crippen molar-refractivity contribution in [3.05, 3.63) is 47.2 Å². The Morgan fingerprint density at radius 2 is 2.03 bits per heavy atom. The number of hydrogen-bond donors (Lipinski definition) is 2. The summed E-state index contributed by atoms with van der Waals surface area (Å²) in [6.45, 7) is 2.16. The highest BCUT2D eigenvalue weighted by Gasteiger charge is 2.33. The molecule has 1 aromatic heterocycles. The minimum Gasteiger partial charge on any atom is -0.356 e. The number of hydrogen-bond acceptors (Lipinski definition) is 6. The predicted molar refractivity (Wildman–Crippen MR) is 148 cm³/mol. The molecule has 1 aliphatic heterocycles. The Morgan fingerprint density at radius 3 is 2.74 bits per heavy atom. The lowest BCUT2D eigenvalue weighted by atomic mass is 10.0. The molecule has 2 heterocycles. The van der Waals surface area contributed by atoms with Gasteiger partial charge in [0, 0.05) is 60.4 Å². The van der Waals surface area contributed by atoms with E-state index in [0.717, 1.165) is 12.8 Å². The molecule has 2 amide bonds. The first-order valence-electron chi connectivity index (χ1n) is 12.9. The Hall–Kier alpha value is -3.36. The Bertz CT molecular complexity index is 1450. The van der Waals surface area contributed by atoms with E-state index >= 15 is 0 Å². The average molecular weight is 558 g/mol. The molecular formula is C28H33F2N5O3S. The van der Waals surface area contributed by atoms with Gasteiger partial charge in [-0.25, -0.2) is 18.0 Å². The van der Waals surface area contributed by atoms with Crippen molar-refractivity contribution in [2.45, 2.75) is 49.8 Å². The number of carbonyl (C=O) groups is 2. The van der Waals surface area contributed by atoms with E-state index in [1.807, 2.05) is 0 Å². The van der Waals surface area contributed by atoms with Crippen molar-refractivity contribution >= 4 is 33.0 Å². The summed E-state index contributed by atoms with van der Waals surface area (Å²) < 4.78 is 45.1. The van der Waals surface area contributed by atoms with E-state index in [1.165, 1.54) is 12.3 Å². The standard InChI is InChI=1S/C28H33F2N5O3S/c1-19-21(11-10-20-8-9-20)17-32-26(35-14-5-12-28(29,30)13-15-35)25(19)27(37)33-22-6-4-7-23(16-22)39(3,38)34-24(36)18-31-2/h4,6-7,16-17,20,31H,5,8-9,12-15,18H2,1-3H3,(H,33,37). The second-order valence-electron chi connectivity index (χ2n) is 10.0. The van der Waals surface area contributed by atoms with Crippen molar-refractivity contribution in [1.82, 2.24) is 10.3 Å². The van der Waals surface area contributed by atoms with Crippen LogP contribution in [0.5, 0.6) is 0 Å². The molecule has 0 radical (unpaired) electrons. The van der Waals surface area contributed by atoms with E-state index in [0.29, 0.717) is 40.0 Å². The zero-order valence-electron chi connectivity index (χ0n) is 22.4. The summed E-state index contributed by atoms with van der Waals surface area (Å²) in [6.07, 6.45) is 4.83. The van der Waals surface area contributed by atoms with E-state index in [9.17, 15) is 22.6 Å². The molecule has 0 bridgehead atoms. The number of nitrogens with zero attached hydrogens (tertiary/aromatic N) is 3. The third-order valence-electron chi connectivity index (χ3n) is 6.68. The third kappa shape index (κ3) is 7.40. The highest BCUT2D eigenvalue weighted by Crippen LogP contribution is 2.33. The summed E-state index contributed by atoms with van der Waals surface area (Å²) in [6, 6.07) is 6.35. The number of carbonyl (C=O) groups excluding carboxylic acids is 2. The summed E-state index contributed by atoms with van der Waals surface area (Å²) in [5, 5.41) is 5.52. The van der Waals surface area contributed by atoms with E-state index in [4.69, 9.17) is 0 Å². The molecule has 11 heteroatoms. The number of pyridine rings is 1. The molecule has 208 valence electrons. The number of halogens is 2. The molecule has 8 nitrogen and oxygen atoms in total. The molecule has 1 atom stereocenters. The van der Waals surface area contributed by atoms with Gasteiger partial charge in [0.1, 0.15) is 5.82 Å². The number of nitrogens with one attached hydrogen (secondary N) is 2. The Morgan fingerprint density at radius 1 is 1.26 bits per heavy atom. The lowest BCUT2D eigenvalue weighted by Crippen LogP contribution is -2.30. The first-order chi connectivity index (χ1) is 18.5. The zero-order chi connectivity index (χ0) is 28.2. The van der Waals surface area contributed by atoms with Crippen molar-refractivity contribution < 1.29 is 22.6 Å². The van der Waals surface area contributed by atoms with Gasteiger partial charge in [-0.15, -0.1) is 0 Å². The number of aromatic nitrogens is 1. The van der Waals surface area contributed by atoms with Gasteiger partial charge in [0.25, 0.3) is 11.8 Å². The second-order valence-corrected chi connectivity index (χ2v) is 12.3. The van der Waals surface area contributed by atoms with Gasteiger partial charge in [-0.3, -0.25) is 9.59 Å². The first kappa shape index (κ1) is 28.6. The van der Waals surface area contributed by atoms with Gasteiger partial charge < -0.3 is 15.5 Å². The van der Waals surface area contributed by atoms with Gasteiger partial charge in [0.2, 0.25) is 5.92 Å². The Balaban J connectivity index is 1.68. The Labute approximate surface area is 228 Å². The van der Waals surface area contributed by atoms with Crippen LogP contribution >= 0.6 is 0 Å². The lowest BCUT2D eigenvalue weighted by molar-refractivity contribution is -0.116. The van der Waals surface area contributed by atoms with E-state index in [-0.39, 0.29) is 37.9 Å². The molecule has 2 N–H and O–H groups in total. The SMILES string of the molecule is CNCC(=O)N=S(C)(=O)c1cccc(NC(=O)c2c(N3CCCC(F)(F)CC3)ncc(C#CC3CC3)c2C)c1. The molecule has 2 aliphatic rings. The van der Waals surface area contributed by atoms with Crippen LogP contribution in [-0.2, 0) is 14.5 Å². The molecular weight excluding hydrogens is 524 g/mol. The maximum absolute atomic E-state index is 14.1. The summed E-state index contributed by atoms with van der Waals surface area (Å²) >= 11 is 0. The van der Waals surface area contributed by atoms with Crippen molar-refractivity contribution in [2.24, 2.45) is 10.3 Å². The molecule has 39 heavy (non-hydrogen) atoms. The smallest absolute Gasteiger partial charge is 0.267 e. The fourth-order valence-electron chi connectivity index (χ4n) is 4.34. The van der Waals surface area contributed by atoms with Crippen molar-refractivity contribution in [1.29, 1.82) is 0 Å².